The highest BCUT2D eigenvalue weighted by Gasteiger charge is 2.12. The third-order valence-corrected chi connectivity index (χ3v) is 8.17. The lowest BCUT2D eigenvalue weighted by atomic mass is 10.0. The van der Waals surface area contributed by atoms with E-state index in [2.05, 4.69) is 19.9 Å². The number of allylic oxidation sites excluding steroid dienone is 4. The molecule has 6 nitrogen and oxygen atoms in total. The quantitative estimate of drug-likeness (QED) is 0.0328. The molecule has 0 heterocycles. The van der Waals surface area contributed by atoms with Gasteiger partial charge in [-0.15, -0.1) is 0 Å². The van der Waals surface area contributed by atoms with Crippen LogP contribution < -0.4 is 0 Å². The third kappa shape index (κ3) is 34.8. The van der Waals surface area contributed by atoms with Crippen molar-refractivity contribution < 1.29 is 29.0 Å². The first-order valence-electron chi connectivity index (χ1n) is 18.8. The second-order valence-electron chi connectivity index (χ2n) is 12.7. The predicted molar refractivity (Wildman–Crippen MR) is 187 cm³/mol. The second-order valence-corrected chi connectivity index (χ2v) is 12.7. The van der Waals surface area contributed by atoms with Crippen LogP contribution in [0.1, 0.15) is 187 Å². The Bertz CT molecular complexity index is 744. The normalized spacial score (nSPS) is 12.2. The number of carbonyl (C=O) groups is 3. The van der Waals surface area contributed by atoms with Gasteiger partial charge < -0.3 is 14.6 Å². The van der Waals surface area contributed by atoms with E-state index in [1.807, 2.05) is 12.2 Å². The van der Waals surface area contributed by atoms with E-state index in [1.54, 1.807) is 6.08 Å². The fourth-order valence-electron chi connectivity index (χ4n) is 5.24. The molecule has 0 amide bonds. The van der Waals surface area contributed by atoms with Crippen molar-refractivity contribution in [1.82, 2.24) is 0 Å². The fraction of sp³-hybridized carbons (Fsp3) is 0.821. The molecule has 0 aliphatic carbocycles. The minimum atomic E-state index is -0.985. The number of aliphatic hydroxyl groups is 1. The lowest BCUT2D eigenvalue weighted by molar-refractivity contribution is -0.152. The SMILES string of the molecule is CCCCCCCCCCCCCCCCCC(=O)OC[C@H](O)COC(=O)CCCCCCC/C=C\C=C\C(=O)CCCCC. The Labute approximate surface area is 277 Å². The van der Waals surface area contributed by atoms with Gasteiger partial charge >= 0.3 is 11.9 Å². The maximum Gasteiger partial charge on any atom is 0.305 e. The average molecular weight is 635 g/mol. The summed E-state index contributed by atoms with van der Waals surface area (Å²) in [7, 11) is 0. The zero-order valence-corrected chi connectivity index (χ0v) is 29.4. The molecule has 45 heavy (non-hydrogen) atoms. The van der Waals surface area contributed by atoms with E-state index in [1.165, 1.54) is 77.0 Å². The summed E-state index contributed by atoms with van der Waals surface area (Å²) in [6, 6.07) is 0. The van der Waals surface area contributed by atoms with Crippen LogP contribution in [-0.4, -0.2) is 42.1 Å². The topological polar surface area (TPSA) is 89.9 Å². The van der Waals surface area contributed by atoms with Gasteiger partial charge in [-0.25, -0.2) is 0 Å². The van der Waals surface area contributed by atoms with Crippen molar-refractivity contribution in [3.63, 3.8) is 0 Å². The van der Waals surface area contributed by atoms with Gasteiger partial charge in [-0.1, -0.05) is 154 Å². The standard InChI is InChI=1S/C39H70O6/c1-3-5-7-8-9-10-11-12-13-14-15-18-21-24-28-32-38(42)44-34-37(41)35-45-39(43)33-29-25-22-19-16-17-20-23-27-31-36(40)30-26-6-4-2/h20,23,27,31,37,41H,3-19,21-22,24-26,28-30,32-35H2,1-2H3/b23-20-,31-27+/t37-/m0/s1. The Morgan fingerprint density at radius 3 is 1.36 bits per heavy atom. The largest absolute Gasteiger partial charge is 0.463 e. The van der Waals surface area contributed by atoms with Crippen molar-refractivity contribution in [2.24, 2.45) is 0 Å². The number of carbonyl (C=O) groups excluding carboxylic acids is 3. The fourth-order valence-corrected chi connectivity index (χ4v) is 5.24. The van der Waals surface area contributed by atoms with Crippen molar-refractivity contribution in [3.8, 4) is 0 Å². The van der Waals surface area contributed by atoms with E-state index >= 15 is 0 Å². The summed E-state index contributed by atoms with van der Waals surface area (Å²) >= 11 is 0. The highest BCUT2D eigenvalue weighted by atomic mass is 16.6. The molecule has 0 saturated heterocycles. The Balaban J connectivity index is 3.49. The molecule has 0 rings (SSSR count). The van der Waals surface area contributed by atoms with Crippen LogP contribution in [0.2, 0.25) is 0 Å². The lowest BCUT2D eigenvalue weighted by Crippen LogP contribution is -2.25. The first kappa shape index (κ1) is 43.0. The van der Waals surface area contributed by atoms with Gasteiger partial charge in [0.2, 0.25) is 0 Å². The first-order chi connectivity index (χ1) is 22.0. The molecule has 6 heteroatoms. The number of aliphatic hydroxyl groups excluding tert-OH is 1. The van der Waals surface area contributed by atoms with Crippen LogP contribution in [-0.2, 0) is 23.9 Å². The predicted octanol–water partition coefficient (Wildman–Crippen LogP) is 10.7. The van der Waals surface area contributed by atoms with Crippen molar-refractivity contribution in [2.75, 3.05) is 13.2 Å². The number of hydrogen-bond donors (Lipinski definition) is 1. The maximum absolute atomic E-state index is 11.9. The molecule has 0 aliphatic rings. The van der Waals surface area contributed by atoms with Crippen LogP contribution in [0.5, 0.6) is 0 Å². The van der Waals surface area contributed by atoms with Gasteiger partial charge in [0.05, 0.1) is 0 Å². The van der Waals surface area contributed by atoms with Crippen molar-refractivity contribution in [3.05, 3.63) is 24.3 Å². The molecule has 0 radical (unpaired) electrons. The van der Waals surface area contributed by atoms with Crippen LogP contribution >= 0.6 is 0 Å². The summed E-state index contributed by atoms with van der Waals surface area (Å²) in [6.07, 6.45) is 36.3. The summed E-state index contributed by atoms with van der Waals surface area (Å²) in [5.74, 6) is -0.419. The van der Waals surface area contributed by atoms with Gasteiger partial charge in [0.25, 0.3) is 0 Å². The van der Waals surface area contributed by atoms with Gasteiger partial charge in [-0.05, 0) is 38.2 Å². The summed E-state index contributed by atoms with van der Waals surface area (Å²) < 4.78 is 10.3. The summed E-state index contributed by atoms with van der Waals surface area (Å²) in [6.45, 7) is 4.12. The third-order valence-electron chi connectivity index (χ3n) is 8.17. The molecule has 0 aromatic carbocycles. The van der Waals surface area contributed by atoms with Crippen LogP contribution in [0.4, 0.5) is 0 Å². The van der Waals surface area contributed by atoms with Gasteiger partial charge in [0.15, 0.2) is 5.78 Å². The molecule has 0 aromatic rings. The minimum Gasteiger partial charge on any atom is -0.463 e. The molecular weight excluding hydrogens is 564 g/mol. The average Bonchev–Trinajstić information content (AvgIpc) is 3.03. The Morgan fingerprint density at radius 1 is 0.511 bits per heavy atom. The lowest BCUT2D eigenvalue weighted by Gasteiger charge is -2.12. The minimum absolute atomic E-state index is 0.135. The molecular formula is C39H70O6. The summed E-state index contributed by atoms with van der Waals surface area (Å²) in [5, 5.41) is 9.99. The monoisotopic (exact) mass is 635 g/mol. The molecule has 262 valence electrons. The first-order valence-corrected chi connectivity index (χ1v) is 18.8. The van der Waals surface area contributed by atoms with E-state index in [4.69, 9.17) is 9.47 Å². The number of ketones is 1. The van der Waals surface area contributed by atoms with Crippen molar-refractivity contribution in [1.29, 1.82) is 0 Å². The van der Waals surface area contributed by atoms with Crippen LogP contribution in [0, 0.1) is 0 Å². The highest BCUT2D eigenvalue weighted by Crippen LogP contribution is 2.14. The van der Waals surface area contributed by atoms with E-state index in [0.717, 1.165) is 77.0 Å². The number of esters is 2. The smallest absolute Gasteiger partial charge is 0.305 e. The van der Waals surface area contributed by atoms with Gasteiger partial charge in [-0.2, -0.15) is 0 Å². The Kier molecular flexibility index (Phi) is 33.4. The molecule has 1 N–H and O–H groups in total. The molecule has 0 aromatic heterocycles. The number of rotatable bonds is 34. The molecule has 0 aliphatic heterocycles. The summed E-state index contributed by atoms with van der Waals surface area (Å²) in [4.78, 5) is 35.5. The Morgan fingerprint density at radius 2 is 0.889 bits per heavy atom. The van der Waals surface area contributed by atoms with Gasteiger partial charge in [0, 0.05) is 19.3 Å². The molecule has 0 bridgehead atoms. The molecule has 0 unspecified atom stereocenters. The molecule has 1 atom stereocenters. The van der Waals surface area contributed by atoms with Gasteiger partial charge in [-0.3, -0.25) is 14.4 Å². The zero-order valence-electron chi connectivity index (χ0n) is 29.4. The zero-order chi connectivity index (χ0) is 33.1. The van der Waals surface area contributed by atoms with E-state index in [-0.39, 0.29) is 30.9 Å². The van der Waals surface area contributed by atoms with E-state index in [0.29, 0.717) is 19.3 Å². The van der Waals surface area contributed by atoms with Gasteiger partial charge in [0.1, 0.15) is 19.3 Å². The Hall–Kier alpha value is -1.95. The second kappa shape index (κ2) is 34.9. The molecule has 0 fully saturated rings. The van der Waals surface area contributed by atoms with E-state index in [9.17, 15) is 19.5 Å². The number of ether oxygens (including phenoxy) is 2. The number of unbranched alkanes of at least 4 members (excludes halogenated alkanes) is 21. The van der Waals surface area contributed by atoms with Crippen LogP contribution in [0.25, 0.3) is 0 Å². The summed E-state index contributed by atoms with van der Waals surface area (Å²) in [5.41, 5.74) is 0. The molecule has 0 saturated carbocycles. The number of hydrogen-bond acceptors (Lipinski definition) is 6. The maximum atomic E-state index is 11.9. The van der Waals surface area contributed by atoms with Crippen molar-refractivity contribution in [2.45, 2.75) is 193 Å². The van der Waals surface area contributed by atoms with Crippen LogP contribution in [0.15, 0.2) is 24.3 Å². The van der Waals surface area contributed by atoms with Crippen LogP contribution in [0.3, 0.4) is 0 Å². The van der Waals surface area contributed by atoms with E-state index < -0.39 is 6.10 Å². The molecule has 0 spiro atoms. The van der Waals surface area contributed by atoms with Crippen molar-refractivity contribution >= 4 is 17.7 Å². The highest BCUT2D eigenvalue weighted by molar-refractivity contribution is 5.89.